The Morgan fingerprint density at radius 2 is 1.93 bits per heavy atom. The minimum atomic E-state index is -1.88. The average molecular weight is 380 g/mol. The van der Waals surface area contributed by atoms with E-state index in [2.05, 4.69) is 20.3 Å². The number of nitrogens with zero attached hydrogens (tertiary/aromatic N) is 4. The molecule has 1 saturated carbocycles. The molecule has 0 bridgehead atoms. The summed E-state index contributed by atoms with van der Waals surface area (Å²) in [7, 11) is 0. The molecule has 0 spiro atoms. The molecule has 2 aromatic rings. The summed E-state index contributed by atoms with van der Waals surface area (Å²) in [6.45, 7) is 0. The minimum Gasteiger partial charge on any atom is -0.393 e. The molecule has 4 rings (SSSR count). The summed E-state index contributed by atoms with van der Waals surface area (Å²) >= 11 is 0. The van der Waals surface area contributed by atoms with Gasteiger partial charge in [-0.05, 0) is 31.8 Å². The second kappa shape index (κ2) is 6.84. The van der Waals surface area contributed by atoms with Crippen molar-refractivity contribution < 1.29 is 18.3 Å². The number of imidazole rings is 1. The number of alkyl halides is 1. The van der Waals surface area contributed by atoms with Crippen LogP contribution in [0.5, 0.6) is 0 Å². The Morgan fingerprint density at radius 1 is 1.19 bits per heavy atom. The van der Waals surface area contributed by atoms with Gasteiger partial charge in [0, 0.05) is 12.1 Å². The van der Waals surface area contributed by atoms with Gasteiger partial charge in [0.1, 0.15) is 29.4 Å². The maximum atomic E-state index is 14.2. The van der Waals surface area contributed by atoms with Crippen LogP contribution in [-0.4, -0.2) is 42.9 Å². The van der Waals surface area contributed by atoms with Crippen LogP contribution in [0.3, 0.4) is 0 Å². The highest BCUT2D eigenvalue weighted by atomic mass is 19.2. The number of fused-ring (bicyclic) bond motifs is 1. The number of rotatable bonds is 3. The molecule has 2 aliphatic carbocycles. The van der Waals surface area contributed by atoms with E-state index in [9.17, 15) is 18.3 Å². The molecule has 7 nitrogen and oxygen atoms in total. The van der Waals surface area contributed by atoms with Crippen molar-refractivity contribution in [1.29, 1.82) is 0 Å². The summed E-state index contributed by atoms with van der Waals surface area (Å²) in [4.78, 5) is 12.5. The van der Waals surface area contributed by atoms with Crippen LogP contribution >= 0.6 is 0 Å². The van der Waals surface area contributed by atoms with E-state index in [1.165, 1.54) is 6.20 Å². The predicted octanol–water partition coefficient (Wildman–Crippen LogP) is 2.72. The van der Waals surface area contributed by atoms with Gasteiger partial charge < -0.3 is 16.2 Å². The Labute approximate surface area is 152 Å². The van der Waals surface area contributed by atoms with E-state index in [1.807, 2.05) is 0 Å². The van der Waals surface area contributed by atoms with Crippen LogP contribution < -0.4 is 11.1 Å². The zero-order chi connectivity index (χ0) is 19.1. The third-order valence-electron chi connectivity index (χ3n) is 4.98. The Kier molecular flexibility index (Phi) is 4.50. The largest absolute Gasteiger partial charge is 0.393 e. The van der Waals surface area contributed by atoms with Crippen LogP contribution in [0.2, 0.25) is 0 Å². The first-order chi connectivity index (χ1) is 12.9. The molecule has 144 valence electrons. The molecule has 0 aromatic carbocycles. The molecule has 2 unspecified atom stereocenters. The second-order valence-corrected chi connectivity index (χ2v) is 6.85. The first-order valence-electron chi connectivity index (χ1n) is 8.76. The van der Waals surface area contributed by atoms with Crippen molar-refractivity contribution in [3.05, 3.63) is 30.0 Å². The van der Waals surface area contributed by atoms with Gasteiger partial charge in [-0.1, -0.05) is 0 Å². The van der Waals surface area contributed by atoms with E-state index in [0.29, 0.717) is 49.0 Å². The van der Waals surface area contributed by atoms with E-state index in [-0.39, 0.29) is 24.0 Å². The number of nitrogens with two attached hydrogens (primary N) is 1. The highest BCUT2D eigenvalue weighted by Gasteiger charge is 2.32. The standard InChI is InChI=1S/C17H19F3N6O/c18-8-5-11(19)14(12(20)6-8)24-17-23-13-7-22-16(21)25-15(13)26(17)9-1-3-10(27)4-2-9/h5-7,9-11,14,27H,1-4H2,(H,23,24)(H2,21,22,25)/t9-,10+,11?,14?. The molecule has 1 fully saturated rings. The SMILES string of the molecule is Nc1ncc2nc(NC3C(F)=CC(F)=CC3F)n([C@H]3CC[C@@H](O)CC3)c2n1. The molecule has 0 amide bonds. The number of nitrogens with one attached hydrogen (secondary N) is 1. The van der Waals surface area contributed by atoms with Gasteiger partial charge >= 0.3 is 0 Å². The maximum Gasteiger partial charge on any atom is 0.222 e. The Balaban J connectivity index is 1.74. The molecule has 2 heterocycles. The highest BCUT2D eigenvalue weighted by Crippen LogP contribution is 2.35. The van der Waals surface area contributed by atoms with E-state index in [0.717, 1.165) is 0 Å². The zero-order valence-electron chi connectivity index (χ0n) is 14.3. The Morgan fingerprint density at radius 3 is 2.63 bits per heavy atom. The summed E-state index contributed by atoms with van der Waals surface area (Å²) < 4.78 is 43.3. The quantitative estimate of drug-likeness (QED) is 0.757. The van der Waals surface area contributed by atoms with E-state index in [4.69, 9.17) is 5.73 Å². The van der Waals surface area contributed by atoms with Gasteiger partial charge in [-0.15, -0.1) is 0 Å². The minimum absolute atomic E-state index is 0.0585. The van der Waals surface area contributed by atoms with E-state index in [1.54, 1.807) is 4.57 Å². The molecular formula is C17H19F3N6O. The normalized spacial score (nSPS) is 28.7. The molecule has 2 atom stereocenters. The monoisotopic (exact) mass is 380 g/mol. The van der Waals surface area contributed by atoms with Crippen molar-refractivity contribution in [2.24, 2.45) is 0 Å². The molecule has 2 aliphatic rings. The zero-order valence-corrected chi connectivity index (χ0v) is 14.3. The lowest BCUT2D eigenvalue weighted by molar-refractivity contribution is 0.111. The van der Waals surface area contributed by atoms with Crippen molar-refractivity contribution in [3.8, 4) is 0 Å². The van der Waals surface area contributed by atoms with Crippen LogP contribution in [-0.2, 0) is 0 Å². The lowest BCUT2D eigenvalue weighted by Gasteiger charge is -2.29. The van der Waals surface area contributed by atoms with Crippen molar-refractivity contribution in [1.82, 2.24) is 19.5 Å². The number of aliphatic hydroxyl groups is 1. The molecule has 2 aromatic heterocycles. The van der Waals surface area contributed by atoms with E-state index >= 15 is 0 Å². The number of hydrogen-bond acceptors (Lipinski definition) is 6. The van der Waals surface area contributed by atoms with Crippen LogP contribution in [0, 0.1) is 0 Å². The van der Waals surface area contributed by atoms with Gasteiger partial charge in [-0.25, -0.2) is 23.1 Å². The lowest BCUT2D eigenvalue weighted by atomic mass is 9.93. The molecule has 4 N–H and O–H groups in total. The Hall–Kier alpha value is -2.62. The number of allylic oxidation sites excluding steroid dienone is 2. The van der Waals surface area contributed by atoms with Crippen LogP contribution in [0.25, 0.3) is 11.2 Å². The fraction of sp³-hybridized carbons (Fsp3) is 0.471. The number of anilines is 2. The summed E-state index contributed by atoms with van der Waals surface area (Å²) in [6, 6.07) is -1.46. The molecular weight excluding hydrogens is 361 g/mol. The number of nitrogen functional groups attached to an aromatic ring is 1. The molecule has 27 heavy (non-hydrogen) atoms. The van der Waals surface area contributed by atoms with Gasteiger partial charge in [0.05, 0.1) is 12.3 Å². The van der Waals surface area contributed by atoms with Gasteiger partial charge in [0.15, 0.2) is 5.65 Å². The van der Waals surface area contributed by atoms with E-state index < -0.39 is 23.9 Å². The van der Waals surface area contributed by atoms with Gasteiger partial charge in [0.2, 0.25) is 11.9 Å². The highest BCUT2D eigenvalue weighted by molar-refractivity contribution is 5.75. The molecule has 10 heteroatoms. The number of hydrogen-bond donors (Lipinski definition) is 3. The fourth-order valence-corrected chi connectivity index (χ4v) is 3.63. The van der Waals surface area contributed by atoms with Gasteiger partial charge in [0.25, 0.3) is 0 Å². The van der Waals surface area contributed by atoms with Crippen molar-refractivity contribution in [2.75, 3.05) is 11.1 Å². The van der Waals surface area contributed by atoms with Crippen molar-refractivity contribution in [2.45, 2.75) is 50.0 Å². The number of aliphatic hydroxyl groups excluding tert-OH is 1. The topological polar surface area (TPSA) is 102 Å². The number of aromatic nitrogens is 4. The molecule has 0 aliphatic heterocycles. The smallest absolute Gasteiger partial charge is 0.222 e. The summed E-state index contributed by atoms with van der Waals surface area (Å²) in [5.41, 5.74) is 6.57. The third-order valence-corrected chi connectivity index (χ3v) is 4.98. The van der Waals surface area contributed by atoms with Crippen molar-refractivity contribution >= 4 is 23.1 Å². The van der Waals surface area contributed by atoms with Crippen molar-refractivity contribution in [3.63, 3.8) is 0 Å². The Bertz CT molecular complexity index is 919. The maximum absolute atomic E-state index is 14.2. The number of halogens is 3. The summed E-state index contributed by atoms with van der Waals surface area (Å²) in [5, 5.41) is 12.5. The first kappa shape index (κ1) is 17.8. The lowest BCUT2D eigenvalue weighted by Crippen LogP contribution is -2.34. The fourth-order valence-electron chi connectivity index (χ4n) is 3.63. The molecule has 0 saturated heterocycles. The third kappa shape index (κ3) is 3.36. The first-order valence-corrected chi connectivity index (χ1v) is 8.76. The van der Waals surface area contributed by atoms with Crippen LogP contribution in [0.1, 0.15) is 31.7 Å². The molecule has 0 radical (unpaired) electrons. The van der Waals surface area contributed by atoms with Gasteiger partial charge in [-0.3, -0.25) is 4.57 Å². The van der Waals surface area contributed by atoms with Crippen LogP contribution in [0.4, 0.5) is 25.1 Å². The van der Waals surface area contributed by atoms with Crippen LogP contribution in [0.15, 0.2) is 30.0 Å². The second-order valence-electron chi connectivity index (χ2n) is 6.85. The summed E-state index contributed by atoms with van der Waals surface area (Å²) in [6.07, 6.45) is 3.06. The van der Waals surface area contributed by atoms with Gasteiger partial charge in [-0.2, -0.15) is 4.98 Å². The predicted molar refractivity (Wildman–Crippen MR) is 93.9 cm³/mol. The summed E-state index contributed by atoms with van der Waals surface area (Å²) in [5.74, 6) is -1.64. The average Bonchev–Trinajstić information content (AvgIpc) is 2.96.